The zero-order chi connectivity index (χ0) is 19.2. The van der Waals surface area contributed by atoms with E-state index in [9.17, 15) is 4.79 Å². The molecule has 0 saturated carbocycles. The molecule has 0 radical (unpaired) electrons. The molecule has 2 aromatic rings. The molecular weight excluding hydrogens is 330 g/mol. The topological polar surface area (TPSA) is 69.8 Å². The fraction of sp³-hybridized carbons (Fsp3) is 0.400. The highest BCUT2D eigenvalue weighted by Gasteiger charge is 2.25. The normalized spacial score (nSPS) is 15.0. The molecule has 0 amide bonds. The van der Waals surface area contributed by atoms with Crippen molar-refractivity contribution in [3.63, 3.8) is 0 Å². The molecule has 1 fully saturated rings. The van der Waals surface area contributed by atoms with Crippen molar-refractivity contribution in [2.45, 2.75) is 20.8 Å². The number of carboxylic acids is 1. The van der Waals surface area contributed by atoms with Gasteiger partial charge in [0.25, 0.3) is 0 Å². The Morgan fingerprint density at radius 2 is 1.88 bits per heavy atom. The van der Waals surface area contributed by atoms with Gasteiger partial charge >= 0.3 is 5.97 Å². The van der Waals surface area contributed by atoms with Crippen LogP contribution in [0.1, 0.15) is 20.8 Å². The number of carbonyl (C=O) groups is 1. The van der Waals surface area contributed by atoms with Crippen LogP contribution in [0.5, 0.6) is 0 Å². The van der Waals surface area contributed by atoms with E-state index in [1.165, 1.54) is 0 Å². The maximum absolute atomic E-state index is 11.1. The van der Waals surface area contributed by atoms with Crippen molar-refractivity contribution in [1.29, 1.82) is 0 Å². The van der Waals surface area contributed by atoms with Gasteiger partial charge < -0.3 is 19.4 Å². The van der Waals surface area contributed by atoms with Crippen molar-refractivity contribution in [2.24, 2.45) is 5.41 Å². The summed E-state index contributed by atoms with van der Waals surface area (Å²) >= 11 is 0. The molecule has 3 rings (SSSR count). The van der Waals surface area contributed by atoms with E-state index >= 15 is 0 Å². The van der Waals surface area contributed by atoms with Crippen LogP contribution < -0.4 is 4.90 Å². The molecule has 1 saturated heterocycles. The lowest BCUT2D eigenvalue weighted by Gasteiger charge is -2.34. The second kappa shape index (κ2) is 8.56. The van der Waals surface area contributed by atoms with Gasteiger partial charge in [-0.05, 0) is 39.1 Å². The average Bonchev–Trinajstić information content (AvgIpc) is 3.05. The standard InChI is InChI=1S/C17H21N3O3.C3H6/c1-17(2,16(21)22)7-8-19-9-11-20(12-10-19)15-13-5-3-4-6-14(13)23-18-15;1-3-2/h3-8H,9-12H2,1-2H3,(H,21,22);3H,1H2,2H3/b8-7-;. The largest absolute Gasteiger partial charge is 0.481 e. The van der Waals surface area contributed by atoms with E-state index in [1.807, 2.05) is 37.4 Å². The minimum atomic E-state index is -0.848. The summed E-state index contributed by atoms with van der Waals surface area (Å²) in [6.45, 7) is 12.0. The Hall–Kier alpha value is -2.76. The molecule has 1 aromatic heterocycles. The number of fused-ring (bicyclic) bond motifs is 1. The molecule has 1 aromatic carbocycles. The molecule has 2 heterocycles. The summed E-state index contributed by atoms with van der Waals surface area (Å²) in [5.74, 6) is 0.0662. The molecule has 0 atom stereocenters. The van der Waals surface area contributed by atoms with Gasteiger partial charge in [0.15, 0.2) is 11.4 Å². The molecule has 1 aliphatic heterocycles. The number of hydrogen-bond acceptors (Lipinski definition) is 5. The Morgan fingerprint density at radius 1 is 1.27 bits per heavy atom. The van der Waals surface area contributed by atoms with Gasteiger partial charge in [-0.3, -0.25) is 4.79 Å². The van der Waals surface area contributed by atoms with Gasteiger partial charge in [-0.25, -0.2) is 0 Å². The number of piperazine rings is 1. The van der Waals surface area contributed by atoms with Gasteiger partial charge in [0.2, 0.25) is 0 Å². The lowest BCUT2D eigenvalue weighted by Crippen LogP contribution is -2.44. The summed E-state index contributed by atoms with van der Waals surface area (Å²) < 4.78 is 5.36. The van der Waals surface area contributed by atoms with Gasteiger partial charge in [0, 0.05) is 26.2 Å². The van der Waals surface area contributed by atoms with Crippen molar-refractivity contribution in [1.82, 2.24) is 10.1 Å². The summed E-state index contributed by atoms with van der Waals surface area (Å²) in [5.41, 5.74) is -0.0487. The molecule has 0 aliphatic carbocycles. The number of hydrogen-bond donors (Lipinski definition) is 1. The number of benzene rings is 1. The third kappa shape index (κ3) is 4.65. The summed E-state index contributed by atoms with van der Waals surface area (Å²) in [5, 5.41) is 14.4. The van der Waals surface area contributed by atoms with Gasteiger partial charge in [-0.1, -0.05) is 29.4 Å². The van der Waals surface area contributed by atoms with Crippen LogP contribution in [0.3, 0.4) is 0 Å². The number of allylic oxidation sites excluding steroid dienone is 1. The minimum absolute atomic E-state index is 0.799. The molecule has 6 heteroatoms. The zero-order valence-corrected chi connectivity index (χ0v) is 15.7. The van der Waals surface area contributed by atoms with Crippen LogP contribution in [-0.2, 0) is 4.79 Å². The number of anilines is 1. The first-order chi connectivity index (χ1) is 12.4. The summed E-state index contributed by atoms with van der Waals surface area (Å²) in [6.07, 6.45) is 5.39. The third-order valence-corrected chi connectivity index (χ3v) is 4.23. The SMILES string of the molecule is C=CC.CC(C)(/C=C\N1CCN(c2noc3ccccc23)CC1)C(=O)O. The summed E-state index contributed by atoms with van der Waals surface area (Å²) in [7, 11) is 0. The van der Waals surface area contributed by atoms with Crippen LogP contribution in [-0.4, -0.2) is 47.3 Å². The van der Waals surface area contributed by atoms with Crippen LogP contribution in [0.4, 0.5) is 5.82 Å². The second-order valence-electron chi connectivity index (χ2n) is 6.78. The molecular formula is C20H27N3O3. The van der Waals surface area contributed by atoms with Gasteiger partial charge in [-0.2, -0.15) is 0 Å². The van der Waals surface area contributed by atoms with E-state index in [0.29, 0.717) is 0 Å². The van der Waals surface area contributed by atoms with E-state index in [2.05, 4.69) is 21.5 Å². The first-order valence-corrected chi connectivity index (χ1v) is 8.72. The Morgan fingerprint density at radius 3 is 2.50 bits per heavy atom. The highest BCUT2D eigenvalue weighted by Crippen LogP contribution is 2.26. The van der Waals surface area contributed by atoms with E-state index in [1.54, 1.807) is 26.0 Å². The molecule has 6 nitrogen and oxygen atoms in total. The highest BCUT2D eigenvalue weighted by molar-refractivity contribution is 5.88. The Balaban J connectivity index is 0.000000758. The monoisotopic (exact) mass is 357 g/mol. The molecule has 0 unspecified atom stereocenters. The lowest BCUT2D eigenvalue weighted by atomic mass is 9.94. The Kier molecular flexibility index (Phi) is 6.44. The number of para-hydroxylation sites is 1. The summed E-state index contributed by atoms with van der Waals surface area (Å²) in [6, 6.07) is 7.85. The first-order valence-electron chi connectivity index (χ1n) is 8.72. The predicted octanol–water partition coefficient (Wildman–Crippen LogP) is 3.77. The highest BCUT2D eigenvalue weighted by atomic mass is 16.5. The molecule has 0 bridgehead atoms. The lowest BCUT2D eigenvalue weighted by molar-refractivity contribution is -0.144. The molecule has 26 heavy (non-hydrogen) atoms. The molecule has 140 valence electrons. The maximum atomic E-state index is 11.1. The van der Waals surface area contributed by atoms with Gasteiger partial charge in [0.1, 0.15) is 0 Å². The van der Waals surface area contributed by atoms with Crippen molar-refractivity contribution in [3.8, 4) is 0 Å². The number of aromatic nitrogens is 1. The average molecular weight is 357 g/mol. The van der Waals surface area contributed by atoms with E-state index < -0.39 is 11.4 Å². The maximum Gasteiger partial charge on any atom is 0.312 e. The smallest absolute Gasteiger partial charge is 0.312 e. The Bertz CT molecular complexity index is 771. The third-order valence-electron chi connectivity index (χ3n) is 4.23. The second-order valence-corrected chi connectivity index (χ2v) is 6.78. The van der Waals surface area contributed by atoms with Crippen LogP contribution in [0.2, 0.25) is 0 Å². The zero-order valence-electron chi connectivity index (χ0n) is 15.7. The first kappa shape index (κ1) is 19.6. The van der Waals surface area contributed by atoms with Crippen LogP contribution in [0.15, 0.2) is 53.7 Å². The minimum Gasteiger partial charge on any atom is -0.481 e. The quantitative estimate of drug-likeness (QED) is 0.840. The summed E-state index contributed by atoms with van der Waals surface area (Å²) in [4.78, 5) is 15.5. The van der Waals surface area contributed by atoms with Gasteiger partial charge in [-0.15, -0.1) is 6.58 Å². The van der Waals surface area contributed by atoms with Crippen molar-refractivity contribution in [3.05, 3.63) is 49.2 Å². The number of nitrogens with zero attached hydrogens (tertiary/aromatic N) is 3. The fourth-order valence-electron chi connectivity index (χ4n) is 2.55. The van der Waals surface area contributed by atoms with E-state index in [4.69, 9.17) is 9.63 Å². The van der Waals surface area contributed by atoms with Crippen LogP contribution in [0.25, 0.3) is 11.0 Å². The van der Waals surface area contributed by atoms with Gasteiger partial charge in [0.05, 0.1) is 10.8 Å². The van der Waals surface area contributed by atoms with Crippen molar-refractivity contribution in [2.75, 3.05) is 31.1 Å². The molecule has 0 spiro atoms. The van der Waals surface area contributed by atoms with Crippen LogP contribution in [0, 0.1) is 5.41 Å². The number of carboxylic acid groups (broad SMARTS) is 1. The van der Waals surface area contributed by atoms with E-state index in [0.717, 1.165) is 43.0 Å². The predicted molar refractivity (Wildman–Crippen MR) is 104 cm³/mol. The van der Waals surface area contributed by atoms with Crippen LogP contribution >= 0.6 is 0 Å². The fourth-order valence-corrected chi connectivity index (χ4v) is 2.55. The Labute approximate surface area is 154 Å². The molecule has 1 N–H and O–H groups in total. The van der Waals surface area contributed by atoms with Crippen molar-refractivity contribution >= 4 is 22.8 Å². The van der Waals surface area contributed by atoms with E-state index in [-0.39, 0.29) is 0 Å². The van der Waals surface area contributed by atoms with Crippen molar-refractivity contribution < 1.29 is 14.4 Å². The number of aliphatic carboxylic acids is 1. The molecule has 1 aliphatic rings. The number of rotatable bonds is 4.